The van der Waals surface area contributed by atoms with Gasteiger partial charge in [0.05, 0.1) is 15.5 Å². The number of nitro groups is 1. The molecule has 0 atom stereocenters. The summed E-state index contributed by atoms with van der Waals surface area (Å²) in [7, 11) is 0. The van der Waals surface area contributed by atoms with Crippen LogP contribution in [0, 0.1) is 10.1 Å². The first-order valence-corrected chi connectivity index (χ1v) is 6.80. The Kier molecular flexibility index (Phi) is 4.59. The van der Waals surface area contributed by atoms with Crippen molar-refractivity contribution in [3.63, 3.8) is 0 Å². The number of rotatable bonds is 5. The van der Waals surface area contributed by atoms with E-state index in [1.54, 1.807) is 6.20 Å². The molecule has 0 spiro atoms. The molecule has 2 rings (SSSR count). The van der Waals surface area contributed by atoms with Crippen LogP contribution in [-0.2, 0) is 6.42 Å². The highest BCUT2D eigenvalue weighted by molar-refractivity contribution is 7.09. The minimum absolute atomic E-state index is 0.0139. The number of aromatic nitrogens is 2. The Labute approximate surface area is 122 Å². The maximum Gasteiger partial charge on any atom is 0.288 e. The zero-order chi connectivity index (χ0) is 14.5. The third-order valence-corrected chi connectivity index (χ3v) is 3.53. The van der Waals surface area contributed by atoms with Crippen LogP contribution in [0.1, 0.15) is 15.4 Å². The fraction of sp³-hybridized carbons (Fsp3) is 0.182. The van der Waals surface area contributed by atoms with Crippen molar-refractivity contribution in [1.82, 2.24) is 15.3 Å². The van der Waals surface area contributed by atoms with Crippen LogP contribution in [0.25, 0.3) is 0 Å². The summed E-state index contributed by atoms with van der Waals surface area (Å²) in [4.78, 5) is 29.6. The van der Waals surface area contributed by atoms with E-state index in [-0.39, 0.29) is 16.4 Å². The summed E-state index contributed by atoms with van der Waals surface area (Å²) >= 11 is 7.26. The molecule has 0 saturated heterocycles. The molecule has 1 N–H and O–H groups in total. The van der Waals surface area contributed by atoms with Gasteiger partial charge in [0, 0.05) is 30.6 Å². The molecule has 20 heavy (non-hydrogen) atoms. The smallest absolute Gasteiger partial charge is 0.288 e. The van der Waals surface area contributed by atoms with Gasteiger partial charge in [0.2, 0.25) is 0 Å². The minimum Gasteiger partial charge on any atom is -0.352 e. The molecule has 2 heterocycles. The molecule has 104 valence electrons. The number of amides is 1. The Hall–Kier alpha value is -2.06. The van der Waals surface area contributed by atoms with Gasteiger partial charge in [0.25, 0.3) is 11.6 Å². The molecule has 2 aromatic heterocycles. The lowest BCUT2D eigenvalue weighted by Gasteiger charge is -2.05. The molecule has 2 aromatic rings. The summed E-state index contributed by atoms with van der Waals surface area (Å²) < 4.78 is 0. The van der Waals surface area contributed by atoms with Crippen molar-refractivity contribution in [3.05, 3.63) is 49.7 Å². The molecule has 0 unspecified atom stereocenters. The fourth-order valence-corrected chi connectivity index (χ4v) is 2.26. The predicted octanol–water partition coefficient (Wildman–Crippen LogP) is 2.07. The zero-order valence-corrected chi connectivity index (χ0v) is 11.6. The van der Waals surface area contributed by atoms with Crippen molar-refractivity contribution in [1.29, 1.82) is 0 Å². The van der Waals surface area contributed by atoms with Crippen LogP contribution >= 0.6 is 22.9 Å². The minimum atomic E-state index is -0.629. The lowest BCUT2D eigenvalue weighted by molar-refractivity contribution is -0.385. The first kappa shape index (κ1) is 14.4. The molecule has 9 heteroatoms. The highest BCUT2D eigenvalue weighted by Gasteiger charge is 2.16. The molecule has 0 aromatic carbocycles. The summed E-state index contributed by atoms with van der Waals surface area (Å²) in [6.45, 7) is 0.366. The molecule has 7 nitrogen and oxygen atoms in total. The summed E-state index contributed by atoms with van der Waals surface area (Å²) in [5.74, 6) is -0.497. The van der Waals surface area contributed by atoms with E-state index >= 15 is 0 Å². The molecule has 0 saturated carbocycles. The van der Waals surface area contributed by atoms with Gasteiger partial charge in [0.15, 0.2) is 0 Å². The fourth-order valence-electron chi connectivity index (χ4n) is 1.45. The van der Waals surface area contributed by atoms with Crippen LogP contribution < -0.4 is 5.32 Å². The number of hydrogen-bond donors (Lipinski definition) is 1. The van der Waals surface area contributed by atoms with Gasteiger partial charge in [-0.2, -0.15) is 0 Å². The average molecular weight is 313 g/mol. The van der Waals surface area contributed by atoms with Crippen molar-refractivity contribution in [2.24, 2.45) is 0 Å². The van der Waals surface area contributed by atoms with Crippen molar-refractivity contribution >= 4 is 34.5 Å². The quantitative estimate of drug-likeness (QED) is 0.518. The topological polar surface area (TPSA) is 98.0 Å². The van der Waals surface area contributed by atoms with Crippen LogP contribution in [0.4, 0.5) is 5.69 Å². The molecule has 0 fully saturated rings. The predicted molar refractivity (Wildman–Crippen MR) is 74.1 cm³/mol. The number of carbonyl (C=O) groups is 1. The van der Waals surface area contributed by atoms with Gasteiger partial charge >= 0.3 is 0 Å². The standard InChI is InChI=1S/C11H9ClN4O3S/c12-10-8(5-7(6-15-10)16(18)19)11(17)14-2-1-9-13-3-4-20-9/h3-6H,1-2H2,(H,14,17). The first-order valence-electron chi connectivity index (χ1n) is 5.54. The van der Waals surface area contributed by atoms with E-state index in [0.717, 1.165) is 17.3 Å². The van der Waals surface area contributed by atoms with E-state index in [1.165, 1.54) is 11.3 Å². The van der Waals surface area contributed by atoms with Gasteiger partial charge in [-0.25, -0.2) is 9.97 Å². The highest BCUT2D eigenvalue weighted by atomic mass is 35.5. The number of hydrogen-bond acceptors (Lipinski definition) is 6. The van der Waals surface area contributed by atoms with Crippen LogP contribution in [-0.4, -0.2) is 27.3 Å². The monoisotopic (exact) mass is 312 g/mol. The first-order chi connectivity index (χ1) is 9.58. The van der Waals surface area contributed by atoms with E-state index in [2.05, 4.69) is 15.3 Å². The van der Waals surface area contributed by atoms with Crippen molar-refractivity contribution < 1.29 is 9.72 Å². The van der Waals surface area contributed by atoms with E-state index < -0.39 is 10.8 Å². The summed E-state index contributed by atoms with van der Waals surface area (Å²) in [6.07, 6.45) is 3.28. The molecule has 0 aliphatic rings. The van der Waals surface area contributed by atoms with Crippen molar-refractivity contribution in [3.8, 4) is 0 Å². The number of halogens is 1. The summed E-state index contributed by atoms with van der Waals surface area (Å²) in [5.41, 5.74) is -0.292. The molecule has 0 aliphatic carbocycles. The van der Waals surface area contributed by atoms with Crippen molar-refractivity contribution in [2.75, 3.05) is 6.54 Å². The molecule has 0 aliphatic heterocycles. The molecular weight excluding hydrogens is 304 g/mol. The summed E-state index contributed by atoms with van der Waals surface area (Å²) in [5, 5.41) is 15.9. The number of thiazole rings is 1. The van der Waals surface area contributed by atoms with Gasteiger partial charge in [-0.3, -0.25) is 14.9 Å². The van der Waals surface area contributed by atoms with E-state index in [0.29, 0.717) is 13.0 Å². The van der Waals surface area contributed by atoms with Crippen LogP contribution in [0.15, 0.2) is 23.8 Å². The largest absolute Gasteiger partial charge is 0.352 e. The lowest BCUT2D eigenvalue weighted by atomic mass is 10.2. The number of nitrogens with one attached hydrogen (secondary N) is 1. The van der Waals surface area contributed by atoms with E-state index in [1.807, 2.05) is 5.38 Å². The number of carbonyl (C=O) groups excluding carboxylic acids is 1. The second-order valence-corrected chi connectivity index (χ2v) is 5.06. The van der Waals surface area contributed by atoms with Crippen LogP contribution in [0.2, 0.25) is 5.15 Å². The number of pyridine rings is 1. The van der Waals surface area contributed by atoms with Gasteiger partial charge < -0.3 is 5.32 Å². The maximum absolute atomic E-state index is 11.9. The van der Waals surface area contributed by atoms with Gasteiger partial charge in [-0.15, -0.1) is 11.3 Å². The van der Waals surface area contributed by atoms with E-state index in [4.69, 9.17) is 11.6 Å². The normalized spacial score (nSPS) is 10.2. The Morgan fingerprint density at radius 1 is 1.50 bits per heavy atom. The molecule has 1 amide bonds. The Bertz CT molecular complexity index is 633. The van der Waals surface area contributed by atoms with Gasteiger partial charge in [0.1, 0.15) is 11.3 Å². The Balaban J connectivity index is 2.01. The SMILES string of the molecule is O=C(NCCc1nccs1)c1cc([N+](=O)[O-])cnc1Cl. The van der Waals surface area contributed by atoms with Gasteiger partial charge in [-0.05, 0) is 0 Å². The van der Waals surface area contributed by atoms with Crippen molar-refractivity contribution in [2.45, 2.75) is 6.42 Å². The van der Waals surface area contributed by atoms with Crippen LogP contribution in [0.3, 0.4) is 0 Å². The second kappa shape index (κ2) is 6.40. The molecule has 0 radical (unpaired) electrons. The molecule has 0 bridgehead atoms. The zero-order valence-electron chi connectivity index (χ0n) is 10.1. The number of nitrogens with zero attached hydrogens (tertiary/aromatic N) is 3. The second-order valence-electron chi connectivity index (χ2n) is 3.72. The Morgan fingerprint density at radius 3 is 2.95 bits per heavy atom. The average Bonchev–Trinajstić information content (AvgIpc) is 2.92. The Morgan fingerprint density at radius 2 is 2.30 bits per heavy atom. The highest BCUT2D eigenvalue weighted by Crippen LogP contribution is 2.18. The third kappa shape index (κ3) is 3.49. The maximum atomic E-state index is 11.9. The third-order valence-electron chi connectivity index (χ3n) is 2.39. The summed E-state index contributed by atoms with van der Waals surface area (Å²) in [6, 6.07) is 1.11. The van der Waals surface area contributed by atoms with Gasteiger partial charge in [-0.1, -0.05) is 11.6 Å². The van der Waals surface area contributed by atoms with Crippen LogP contribution in [0.5, 0.6) is 0 Å². The lowest BCUT2D eigenvalue weighted by Crippen LogP contribution is -2.26. The molecular formula is C11H9ClN4O3S. The van der Waals surface area contributed by atoms with E-state index in [9.17, 15) is 14.9 Å².